The molecule has 98 valence electrons. The van der Waals surface area contributed by atoms with E-state index in [2.05, 4.69) is 4.98 Å². The molecule has 0 atom stereocenters. The molecule has 5 heteroatoms. The van der Waals surface area contributed by atoms with Crippen LogP contribution < -0.4 is 4.74 Å². The lowest BCUT2D eigenvalue weighted by Gasteiger charge is -2.10. The first-order valence-corrected chi connectivity index (χ1v) is 6.02. The Kier molecular flexibility index (Phi) is 4.02. The largest absolute Gasteiger partial charge is 0.487 e. The number of rotatable bonds is 4. The van der Waals surface area contributed by atoms with Crippen molar-refractivity contribution >= 4 is 17.6 Å². The van der Waals surface area contributed by atoms with Crippen LogP contribution in [0.1, 0.15) is 21.6 Å². The molecule has 1 N–H and O–H groups in total. The van der Waals surface area contributed by atoms with Gasteiger partial charge in [-0.15, -0.1) is 0 Å². The van der Waals surface area contributed by atoms with Gasteiger partial charge in [-0.25, -0.2) is 4.79 Å². The van der Waals surface area contributed by atoms with Crippen LogP contribution in [0.3, 0.4) is 0 Å². The van der Waals surface area contributed by atoms with Crippen molar-refractivity contribution < 1.29 is 14.6 Å². The molecular formula is C14H12ClNO3. The molecule has 0 fully saturated rings. The molecule has 0 aliphatic carbocycles. The van der Waals surface area contributed by atoms with Gasteiger partial charge in [0, 0.05) is 11.2 Å². The van der Waals surface area contributed by atoms with E-state index in [0.29, 0.717) is 16.5 Å². The molecule has 2 rings (SSSR count). The monoisotopic (exact) mass is 277 g/mol. The Labute approximate surface area is 115 Å². The highest BCUT2D eigenvalue weighted by atomic mass is 35.5. The number of carboxylic acid groups (broad SMARTS) is 1. The molecule has 0 unspecified atom stereocenters. The number of aromatic carboxylic acids is 1. The Morgan fingerprint density at radius 2 is 2.21 bits per heavy atom. The van der Waals surface area contributed by atoms with Gasteiger partial charge in [0.1, 0.15) is 12.4 Å². The Bertz CT molecular complexity index is 613. The third-order valence-corrected chi connectivity index (χ3v) is 2.86. The van der Waals surface area contributed by atoms with Crippen LogP contribution in [0, 0.1) is 6.92 Å². The predicted octanol–water partition coefficient (Wildman–Crippen LogP) is 3.32. The van der Waals surface area contributed by atoms with Crippen LogP contribution in [-0.4, -0.2) is 16.1 Å². The molecule has 1 aromatic heterocycles. The third kappa shape index (κ3) is 3.23. The molecule has 2 aromatic rings. The van der Waals surface area contributed by atoms with Gasteiger partial charge in [0.25, 0.3) is 0 Å². The number of hydrogen-bond acceptors (Lipinski definition) is 3. The van der Waals surface area contributed by atoms with Crippen molar-refractivity contribution in [1.29, 1.82) is 0 Å². The Morgan fingerprint density at radius 1 is 1.42 bits per heavy atom. The molecule has 0 aliphatic rings. The number of carboxylic acids is 1. The van der Waals surface area contributed by atoms with Gasteiger partial charge >= 0.3 is 5.97 Å². The van der Waals surface area contributed by atoms with Crippen LogP contribution in [0.25, 0.3) is 0 Å². The quantitative estimate of drug-likeness (QED) is 0.931. The van der Waals surface area contributed by atoms with Crippen molar-refractivity contribution in [2.45, 2.75) is 13.5 Å². The number of benzene rings is 1. The van der Waals surface area contributed by atoms with E-state index in [9.17, 15) is 4.79 Å². The summed E-state index contributed by atoms with van der Waals surface area (Å²) in [5, 5.41) is 9.67. The summed E-state index contributed by atoms with van der Waals surface area (Å²) in [4.78, 5) is 15.1. The normalized spacial score (nSPS) is 10.2. The number of ether oxygens (including phenoxy) is 1. The standard InChI is InChI=1S/C14H12ClNO3/c1-9-7-10(15)4-5-13(9)19-8-12-11(14(17)18)3-2-6-16-12/h2-7H,8H2,1H3,(H,17,18). The maximum absolute atomic E-state index is 11.0. The van der Waals surface area contributed by atoms with E-state index in [4.69, 9.17) is 21.4 Å². The lowest BCUT2D eigenvalue weighted by molar-refractivity contribution is 0.0693. The second-order valence-corrected chi connectivity index (χ2v) is 4.44. The fourth-order valence-corrected chi connectivity index (χ4v) is 1.90. The van der Waals surface area contributed by atoms with Crippen LogP contribution in [0.4, 0.5) is 0 Å². The van der Waals surface area contributed by atoms with E-state index in [1.54, 1.807) is 30.5 Å². The molecule has 0 aliphatic heterocycles. The van der Waals surface area contributed by atoms with Crippen molar-refractivity contribution in [3.63, 3.8) is 0 Å². The van der Waals surface area contributed by atoms with Gasteiger partial charge in [-0.2, -0.15) is 0 Å². The van der Waals surface area contributed by atoms with Gasteiger partial charge in [0.05, 0.1) is 11.3 Å². The van der Waals surface area contributed by atoms with Crippen molar-refractivity contribution in [1.82, 2.24) is 4.98 Å². The van der Waals surface area contributed by atoms with E-state index >= 15 is 0 Å². The fourth-order valence-electron chi connectivity index (χ4n) is 1.67. The van der Waals surface area contributed by atoms with E-state index in [0.717, 1.165) is 5.56 Å². The highest BCUT2D eigenvalue weighted by molar-refractivity contribution is 6.30. The Morgan fingerprint density at radius 3 is 2.89 bits per heavy atom. The van der Waals surface area contributed by atoms with E-state index in [-0.39, 0.29) is 12.2 Å². The maximum atomic E-state index is 11.0. The minimum absolute atomic E-state index is 0.102. The minimum Gasteiger partial charge on any atom is -0.487 e. The average molecular weight is 278 g/mol. The van der Waals surface area contributed by atoms with Gasteiger partial charge in [-0.05, 0) is 42.8 Å². The van der Waals surface area contributed by atoms with Crippen molar-refractivity contribution in [3.05, 3.63) is 58.4 Å². The number of aromatic nitrogens is 1. The Hall–Kier alpha value is -2.07. The second kappa shape index (κ2) is 5.71. The fraction of sp³-hybridized carbons (Fsp3) is 0.143. The average Bonchev–Trinajstić information content (AvgIpc) is 2.38. The number of pyridine rings is 1. The van der Waals surface area contributed by atoms with Crippen LogP contribution in [0.5, 0.6) is 5.75 Å². The highest BCUT2D eigenvalue weighted by Gasteiger charge is 2.11. The number of nitrogens with zero attached hydrogens (tertiary/aromatic N) is 1. The minimum atomic E-state index is -1.01. The molecule has 4 nitrogen and oxygen atoms in total. The van der Waals surface area contributed by atoms with Crippen LogP contribution >= 0.6 is 11.6 Å². The molecule has 19 heavy (non-hydrogen) atoms. The summed E-state index contributed by atoms with van der Waals surface area (Å²) in [7, 11) is 0. The van der Waals surface area contributed by atoms with Gasteiger partial charge < -0.3 is 9.84 Å². The number of halogens is 1. The predicted molar refractivity (Wildman–Crippen MR) is 71.7 cm³/mol. The molecule has 1 aromatic carbocycles. The summed E-state index contributed by atoms with van der Waals surface area (Å²) >= 11 is 5.86. The SMILES string of the molecule is Cc1cc(Cl)ccc1OCc1ncccc1C(=O)O. The zero-order valence-corrected chi connectivity index (χ0v) is 11.0. The van der Waals surface area contributed by atoms with Gasteiger partial charge in [-0.3, -0.25) is 4.98 Å². The van der Waals surface area contributed by atoms with Gasteiger partial charge in [0.15, 0.2) is 0 Å². The number of hydrogen-bond donors (Lipinski definition) is 1. The molecule has 0 saturated heterocycles. The molecule has 0 bridgehead atoms. The molecule has 1 heterocycles. The summed E-state index contributed by atoms with van der Waals surface area (Å²) in [6.07, 6.45) is 1.54. The van der Waals surface area contributed by atoms with Crippen molar-refractivity contribution in [2.24, 2.45) is 0 Å². The van der Waals surface area contributed by atoms with Crippen LogP contribution in [0.15, 0.2) is 36.5 Å². The topological polar surface area (TPSA) is 59.4 Å². The number of aryl methyl sites for hydroxylation is 1. The first-order chi connectivity index (χ1) is 9.08. The van der Waals surface area contributed by atoms with Gasteiger partial charge in [0.2, 0.25) is 0 Å². The molecule has 0 spiro atoms. The highest BCUT2D eigenvalue weighted by Crippen LogP contribution is 2.22. The third-order valence-electron chi connectivity index (χ3n) is 2.62. The molecule has 0 radical (unpaired) electrons. The van der Waals surface area contributed by atoms with Crippen LogP contribution in [-0.2, 0) is 6.61 Å². The smallest absolute Gasteiger partial charge is 0.337 e. The summed E-state index contributed by atoms with van der Waals surface area (Å²) in [6.45, 7) is 1.97. The number of carbonyl (C=O) groups is 1. The van der Waals surface area contributed by atoms with E-state index in [1.807, 2.05) is 6.92 Å². The second-order valence-electron chi connectivity index (χ2n) is 4.00. The summed E-state index contributed by atoms with van der Waals surface area (Å²) in [5.41, 5.74) is 1.43. The summed E-state index contributed by atoms with van der Waals surface area (Å²) < 4.78 is 5.58. The molecule has 0 saturated carbocycles. The van der Waals surface area contributed by atoms with Crippen molar-refractivity contribution in [2.75, 3.05) is 0 Å². The van der Waals surface area contributed by atoms with Gasteiger partial charge in [-0.1, -0.05) is 11.6 Å². The summed E-state index contributed by atoms with van der Waals surface area (Å²) in [6, 6.07) is 8.35. The lowest BCUT2D eigenvalue weighted by Crippen LogP contribution is -2.08. The zero-order chi connectivity index (χ0) is 13.8. The first kappa shape index (κ1) is 13.4. The zero-order valence-electron chi connectivity index (χ0n) is 10.3. The van der Waals surface area contributed by atoms with E-state index < -0.39 is 5.97 Å². The Balaban J connectivity index is 2.17. The van der Waals surface area contributed by atoms with Crippen molar-refractivity contribution in [3.8, 4) is 5.75 Å². The van der Waals surface area contributed by atoms with E-state index in [1.165, 1.54) is 6.07 Å². The maximum Gasteiger partial charge on any atom is 0.337 e. The molecule has 0 amide bonds. The lowest BCUT2D eigenvalue weighted by atomic mass is 10.2. The molecular weight excluding hydrogens is 266 g/mol. The summed E-state index contributed by atoms with van der Waals surface area (Å²) in [5.74, 6) is -0.356. The first-order valence-electron chi connectivity index (χ1n) is 5.64. The van der Waals surface area contributed by atoms with Crippen LogP contribution in [0.2, 0.25) is 5.02 Å².